The van der Waals surface area contributed by atoms with E-state index in [-0.39, 0.29) is 5.82 Å². The number of benzene rings is 2. The van der Waals surface area contributed by atoms with E-state index in [1.165, 1.54) is 31.2 Å². The summed E-state index contributed by atoms with van der Waals surface area (Å²) in [6, 6.07) is 14.4. The van der Waals surface area contributed by atoms with E-state index in [1.54, 1.807) is 6.07 Å². The molecule has 2 aromatic carbocycles. The molecule has 29 heavy (non-hydrogen) atoms. The molecule has 4 unspecified atom stereocenters. The Balaban J connectivity index is 1.45. The smallest absolute Gasteiger partial charge is 0.127 e. The average molecular weight is 389 g/mol. The van der Waals surface area contributed by atoms with Crippen LogP contribution < -0.4 is 0 Å². The van der Waals surface area contributed by atoms with Crippen molar-refractivity contribution >= 4 is 0 Å². The van der Waals surface area contributed by atoms with Crippen molar-refractivity contribution in [2.45, 2.75) is 57.3 Å². The van der Waals surface area contributed by atoms with Crippen LogP contribution in [0.5, 0.6) is 0 Å². The van der Waals surface area contributed by atoms with Crippen molar-refractivity contribution in [3.05, 3.63) is 84.7 Å². The van der Waals surface area contributed by atoms with Crippen LogP contribution in [0.2, 0.25) is 0 Å². The zero-order valence-electron chi connectivity index (χ0n) is 17.5. The highest BCUT2D eigenvalue weighted by Gasteiger charge is 2.35. The van der Waals surface area contributed by atoms with Crippen molar-refractivity contribution in [3.63, 3.8) is 0 Å². The van der Waals surface area contributed by atoms with Gasteiger partial charge < -0.3 is 0 Å². The van der Waals surface area contributed by atoms with E-state index in [0.717, 1.165) is 54.2 Å². The third-order valence-corrected chi connectivity index (χ3v) is 7.35. The third kappa shape index (κ3) is 4.55. The SMILES string of the molecule is C=CCCc1ccc(-c2ccc(C3CCC4CC(C=C)CCC4C3)c(F)c2)cc1. The minimum atomic E-state index is -0.0264. The number of hydrogen-bond acceptors (Lipinski definition) is 0. The van der Waals surface area contributed by atoms with Gasteiger partial charge in [0, 0.05) is 0 Å². The molecule has 1 heteroatoms. The lowest BCUT2D eigenvalue weighted by Gasteiger charge is -2.41. The molecule has 2 aliphatic rings. The number of allylic oxidation sites excluding steroid dienone is 2. The van der Waals surface area contributed by atoms with Crippen LogP contribution in [0.1, 0.15) is 62.0 Å². The maximum atomic E-state index is 15.1. The van der Waals surface area contributed by atoms with Crippen molar-refractivity contribution in [1.29, 1.82) is 0 Å². The normalized spacial score (nSPS) is 26.5. The number of rotatable bonds is 6. The Morgan fingerprint density at radius 3 is 2.31 bits per heavy atom. The Morgan fingerprint density at radius 1 is 0.862 bits per heavy atom. The molecule has 2 aliphatic carbocycles. The summed E-state index contributed by atoms with van der Waals surface area (Å²) in [4.78, 5) is 0. The lowest BCUT2D eigenvalue weighted by atomic mass is 9.64. The van der Waals surface area contributed by atoms with E-state index >= 15 is 4.39 Å². The Morgan fingerprint density at radius 2 is 1.59 bits per heavy atom. The third-order valence-electron chi connectivity index (χ3n) is 7.35. The number of fused-ring (bicyclic) bond motifs is 1. The Hall–Kier alpha value is -2.15. The fourth-order valence-electron chi connectivity index (χ4n) is 5.59. The zero-order valence-corrected chi connectivity index (χ0v) is 17.5. The van der Waals surface area contributed by atoms with Crippen LogP contribution in [0.3, 0.4) is 0 Å². The van der Waals surface area contributed by atoms with E-state index in [2.05, 4.69) is 55.6 Å². The van der Waals surface area contributed by atoms with Crippen LogP contribution in [-0.4, -0.2) is 0 Å². The molecule has 0 aliphatic heterocycles. The first-order valence-corrected chi connectivity index (χ1v) is 11.3. The van der Waals surface area contributed by atoms with Gasteiger partial charge in [-0.15, -0.1) is 13.2 Å². The summed E-state index contributed by atoms with van der Waals surface area (Å²) in [7, 11) is 0. The van der Waals surface area contributed by atoms with Gasteiger partial charge in [0.05, 0.1) is 0 Å². The van der Waals surface area contributed by atoms with Gasteiger partial charge in [-0.2, -0.15) is 0 Å². The summed E-state index contributed by atoms with van der Waals surface area (Å²) in [5, 5.41) is 0. The summed E-state index contributed by atoms with van der Waals surface area (Å²) in [6.07, 6.45) is 13.5. The van der Waals surface area contributed by atoms with Crippen LogP contribution in [0.25, 0.3) is 11.1 Å². The highest BCUT2D eigenvalue weighted by Crippen LogP contribution is 2.48. The maximum Gasteiger partial charge on any atom is 0.127 e. The Bertz CT molecular complexity index is 847. The van der Waals surface area contributed by atoms with Crippen LogP contribution in [0, 0.1) is 23.6 Å². The standard InChI is InChI=1S/C28H33F/c1-3-5-6-21-8-10-22(11-9-21)25-15-16-27(28(29)19-25)26-14-13-23-17-20(4-2)7-12-24(23)18-26/h3-4,8-11,15-16,19-20,23-24,26H,1-2,5-7,12-14,17-18H2. The topological polar surface area (TPSA) is 0 Å². The lowest BCUT2D eigenvalue weighted by molar-refractivity contribution is 0.132. The van der Waals surface area contributed by atoms with E-state index in [9.17, 15) is 0 Å². The molecule has 0 radical (unpaired) electrons. The highest BCUT2D eigenvalue weighted by atomic mass is 19.1. The molecule has 0 bridgehead atoms. The summed E-state index contributed by atoms with van der Waals surface area (Å²) in [5.41, 5.74) is 4.29. The second-order valence-electron chi connectivity index (χ2n) is 9.10. The molecule has 0 heterocycles. The quantitative estimate of drug-likeness (QED) is 0.439. The summed E-state index contributed by atoms with van der Waals surface area (Å²) >= 11 is 0. The van der Waals surface area contributed by atoms with Gasteiger partial charge in [-0.3, -0.25) is 0 Å². The predicted octanol–water partition coefficient (Wildman–Crippen LogP) is 8.10. The molecule has 4 rings (SSSR count). The monoisotopic (exact) mass is 388 g/mol. The average Bonchev–Trinajstić information content (AvgIpc) is 2.77. The van der Waals surface area contributed by atoms with Crippen molar-refractivity contribution < 1.29 is 4.39 Å². The molecule has 2 fully saturated rings. The molecule has 0 N–H and O–H groups in total. The second-order valence-corrected chi connectivity index (χ2v) is 9.10. The second kappa shape index (κ2) is 9.11. The van der Waals surface area contributed by atoms with Crippen LogP contribution in [-0.2, 0) is 6.42 Å². The predicted molar refractivity (Wildman–Crippen MR) is 121 cm³/mol. The van der Waals surface area contributed by atoms with Gasteiger partial charge >= 0.3 is 0 Å². The minimum Gasteiger partial charge on any atom is -0.207 e. The molecule has 0 spiro atoms. The molecular weight excluding hydrogens is 355 g/mol. The van der Waals surface area contributed by atoms with Crippen LogP contribution in [0.4, 0.5) is 4.39 Å². The van der Waals surface area contributed by atoms with Crippen LogP contribution >= 0.6 is 0 Å². The first-order valence-electron chi connectivity index (χ1n) is 11.3. The zero-order chi connectivity index (χ0) is 20.2. The molecule has 4 atom stereocenters. The van der Waals surface area contributed by atoms with Crippen molar-refractivity contribution in [2.24, 2.45) is 17.8 Å². The van der Waals surface area contributed by atoms with Gasteiger partial charge in [0.2, 0.25) is 0 Å². The van der Waals surface area contributed by atoms with Crippen LogP contribution in [0.15, 0.2) is 67.8 Å². The van der Waals surface area contributed by atoms with Gasteiger partial charge in [-0.05, 0) is 103 Å². The Kier molecular flexibility index (Phi) is 6.33. The van der Waals surface area contributed by atoms with E-state index in [1.807, 2.05) is 6.08 Å². The molecular formula is C28H33F. The number of hydrogen-bond donors (Lipinski definition) is 0. The van der Waals surface area contributed by atoms with E-state index in [0.29, 0.717) is 11.8 Å². The number of aryl methyl sites for hydroxylation is 1. The molecule has 0 saturated heterocycles. The molecule has 0 aromatic heterocycles. The first kappa shape index (κ1) is 20.1. The maximum absolute atomic E-state index is 15.1. The van der Waals surface area contributed by atoms with Crippen molar-refractivity contribution in [2.75, 3.05) is 0 Å². The Labute approximate surface area is 175 Å². The van der Waals surface area contributed by atoms with Gasteiger partial charge in [-0.1, -0.05) is 48.6 Å². The van der Waals surface area contributed by atoms with E-state index in [4.69, 9.17) is 0 Å². The van der Waals surface area contributed by atoms with Gasteiger partial charge in [0.1, 0.15) is 5.82 Å². The molecule has 0 amide bonds. The van der Waals surface area contributed by atoms with Crippen molar-refractivity contribution in [1.82, 2.24) is 0 Å². The fraction of sp³-hybridized carbons (Fsp3) is 0.429. The van der Waals surface area contributed by atoms with Gasteiger partial charge in [0.25, 0.3) is 0 Å². The largest absolute Gasteiger partial charge is 0.207 e. The summed E-state index contributed by atoms with van der Waals surface area (Å²) in [5.74, 6) is 2.65. The van der Waals surface area contributed by atoms with Gasteiger partial charge in [-0.25, -0.2) is 4.39 Å². The first-order chi connectivity index (χ1) is 14.2. The van der Waals surface area contributed by atoms with Crippen molar-refractivity contribution in [3.8, 4) is 11.1 Å². The number of halogens is 1. The molecule has 2 aromatic rings. The summed E-state index contributed by atoms with van der Waals surface area (Å²) < 4.78 is 15.1. The van der Waals surface area contributed by atoms with Gasteiger partial charge in [0.15, 0.2) is 0 Å². The molecule has 152 valence electrons. The van der Waals surface area contributed by atoms with E-state index < -0.39 is 0 Å². The lowest BCUT2D eigenvalue weighted by Crippen LogP contribution is -2.30. The fourth-order valence-corrected chi connectivity index (χ4v) is 5.59. The summed E-state index contributed by atoms with van der Waals surface area (Å²) in [6.45, 7) is 7.77. The molecule has 2 saturated carbocycles. The minimum absolute atomic E-state index is 0.0264. The highest BCUT2D eigenvalue weighted by molar-refractivity contribution is 5.64. The molecule has 0 nitrogen and oxygen atoms in total.